The molecule has 4 saturated carbocycles. The summed E-state index contributed by atoms with van der Waals surface area (Å²) in [6.45, 7) is 10.0. The summed E-state index contributed by atoms with van der Waals surface area (Å²) in [4.78, 5) is 0. The van der Waals surface area contributed by atoms with Crippen LogP contribution in [0, 0.1) is 52.3 Å². The zero-order chi connectivity index (χ0) is 20.8. The third-order valence-electron chi connectivity index (χ3n) is 10.4. The van der Waals surface area contributed by atoms with Gasteiger partial charge in [0.15, 0.2) is 0 Å². The van der Waals surface area contributed by atoms with Gasteiger partial charge in [0.25, 0.3) is 0 Å². The van der Waals surface area contributed by atoms with Gasteiger partial charge in [0.05, 0.1) is 6.10 Å². The van der Waals surface area contributed by atoms with Crippen molar-refractivity contribution in [3.05, 3.63) is 12.2 Å². The topological polar surface area (TPSA) is 40.5 Å². The fraction of sp³-hybridized carbons (Fsp3) is 0.926. The van der Waals surface area contributed by atoms with Gasteiger partial charge in [-0.3, -0.25) is 0 Å². The molecule has 0 amide bonds. The lowest BCUT2D eigenvalue weighted by Gasteiger charge is -2.61. The lowest BCUT2D eigenvalue weighted by molar-refractivity contribution is -0.129. The molecule has 0 unspecified atom stereocenters. The molecule has 0 saturated heterocycles. The van der Waals surface area contributed by atoms with Crippen molar-refractivity contribution in [1.82, 2.24) is 0 Å². The lowest BCUT2D eigenvalue weighted by Crippen LogP contribution is -2.54. The zero-order valence-electron chi connectivity index (χ0n) is 19.4. The van der Waals surface area contributed by atoms with Crippen molar-refractivity contribution in [1.29, 1.82) is 0 Å². The van der Waals surface area contributed by atoms with Crippen molar-refractivity contribution in [2.75, 3.05) is 6.61 Å². The van der Waals surface area contributed by atoms with Crippen LogP contribution in [-0.4, -0.2) is 22.9 Å². The van der Waals surface area contributed by atoms with Crippen LogP contribution in [0.3, 0.4) is 0 Å². The number of aliphatic hydroxyl groups is 2. The Labute approximate surface area is 179 Å². The lowest BCUT2D eigenvalue weighted by atomic mass is 9.44. The van der Waals surface area contributed by atoms with Gasteiger partial charge in [-0.1, -0.05) is 39.8 Å². The summed E-state index contributed by atoms with van der Waals surface area (Å²) in [5.41, 5.74) is 0.878. The summed E-state index contributed by atoms with van der Waals surface area (Å²) in [5.74, 6) is 5.04. The summed E-state index contributed by atoms with van der Waals surface area (Å²) in [7, 11) is 0. The highest BCUT2D eigenvalue weighted by molar-refractivity contribution is 5.11. The van der Waals surface area contributed by atoms with Crippen LogP contribution < -0.4 is 0 Å². The van der Waals surface area contributed by atoms with E-state index in [0.29, 0.717) is 35.2 Å². The molecule has 0 aromatic heterocycles. The average Bonchev–Trinajstić information content (AvgIpc) is 3.03. The second kappa shape index (κ2) is 8.30. The molecule has 0 aromatic rings. The van der Waals surface area contributed by atoms with Gasteiger partial charge < -0.3 is 10.2 Å². The first kappa shape index (κ1) is 21.9. The monoisotopic (exact) mass is 402 g/mol. The fourth-order valence-corrected chi connectivity index (χ4v) is 8.83. The molecule has 0 spiro atoms. The minimum absolute atomic E-state index is 0.0442. The van der Waals surface area contributed by atoms with Gasteiger partial charge in [0.2, 0.25) is 0 Å². The maximum absolute atomic E-state index is 10.2. The maximum atomic E-state index is 10.2. The minimum atomic E-state index is -0.0442. The molecule has 166 valence electrons. The Morgan fingerprint density at radius 2 is 1.66 bits per heavy atom. The quantitative estimate of drug-likeness (QED) is 0.536. The average molecular weight is 403 g/mol. The number of rotatable bonds is 5. The summed E-state index contributed by atoms with van der Waals surface area (Å²) in [6.07, 6.45) is 17.2. The highest BCUT2D eigenvalue weighted by Gasteiger charge is 2.60. The van der Waals surface area contributed by atoms with Crippen molar-refractivity contribution in [2.24, 2.45) is 52.3 Å². The predicted molar refractivity (Wildman–Crippen MR) is 120 cm³/mol. The molecule has 4 aliphatic rings. The van der Waals surface area contributed by atoms with Crippen molar-refractivity contribution >= 4 is 0 Å². The van der Waals surface area contributed by atoms with Crippen molar-refractivity contribution in [2.45, 2.75) is 98.0 Å². The van der Waals surface area contributed by atoms with E-state index < -0.39 is 0 Å². The molecular formula is C27H46O2. The molecule has 0 radical (unpaired) electrons. The number of hydrogen-bond acceptors (Lipinski definition) is 2. The number of aliphatic hydroxyl groups excluding tert-OH is 2. The van der Waals surface area contributed by atoms with Crippen LogP contribution in [0.5, 0.6) is 0 Å². The van der Waals surface area contributed by atoms with E-state index in [0.717, 1.165) is 42.9 Å². The first-order chi connectivity index (χ1) is 13.8. The van der Waals surface area contributed by atoms with Gasteiger partial charge in [-0.05, 0) is 111 Å². The third-order valence-corrected chi connectivity index (χ3v) is 10.4. The van der Waals surface area contributed by atoms with Gasteiger partial charge in [0, 0.05) is 12.5 Å². The molecule has 0 bridgehead atoms. The molecule has 2 nitrogen and oxygen atoms in total. The van der Waals surface area contributed by atoms with Gasteiger partial charge in [-0.15, -0.1) is 0 Å². The van der Waals surface area contributed by atoms with Crippen LogP contribution in [0.2, 0.25) is 0 Å². The van der Waals surface area contributed by atoms with E-state index in [2.05, 4.69) is 39.8 Å². The molecule has 2 heteroatoms. The second-order valence-electron chi connectivity index (χ2n) is 12.2. The number of fused-ring (bicyclic) bond motifs is 5. The van der Waals surface area contributed by atoms with Gasteiger partial charge in [-0.2, -0.15) is 0 Å². The summed E-state index contributed by atoms with van der Waals surface area (Å²) < 4.78 is 0. The third kappa shape index (κ3) is 3.75. The Morgan fingerprint density at radius 1 is 0.931 bits per heavy atom. The van der Waals surface area contributed by atoms with Gasteiger partial charge >= 0.3 is 0 Å². The molecule has 2 N–H and O–H groups in total. The molecule has 9 atom stereocenters. The molecule has 0 aromatic carbocycles. The van der Waals surface area contributed by atoms with Crippen LogP contribution in [0.4, 0.5) is 0 Å². The predicted octanol–water partition coefficient (Wildman–Crippen LogP) is 6.22. The van der Waals surface area contributed by atoms with Crippen molar-refractivity contribution in [3.63, 3.8) is 0 Å². The Morgan fingerprint density at radius 3 is 2.38 bits per heavy atom. The van der Waals surface area contributed by atoms with Crippen LogP contribution in [-0.2, 0) is 0 Å². The second-order valence-corrected chi connectivity index (χ2v) is 12.2. The Hall–Kier alpha value is -0.340. The van der Waals surface area contributed by atoms with Crippen molar-refractivity contribution in [3.8, 4) is 0 Å². The summed E-state index contributed by atoms with van der Waals surface area (Å²) in [5, 5.41) is 20.5. The first-order valence-electron chi connectivity index (χ1n) is 12.7. The molecule has 4 rings (SSSR count). The van der Waals surface area contributed by atoms with E-state index in [4.69, 9.17) is 0 Å². The van der Waals surface area contributed by atoms with Crippen LogP contribution in [0.15, 0.2) is 12.2 Å². The van der Waals surface area contributed by atoms with E-state index >= 15 is 0 Å². The smallest absolute Gasteiger partial charge is 0.0543 e. The highest BCUT2D eigenvalue weighted by Crippen LogP contribution is 2.68. The molecule has 4 aliphatic carbocycles. The van der Waals surface area contributed by atoms with Crippen LogP contribution in [0.25, 0.3) is 0 Å². The Balaban J connectivity index is 1.52. The normalized spacial score (nSPS) is 48.4. The highest BCUT2D eigenvalue weighted by atomic mass is 16.3. The van der Waals surface area contributed by atoms with Gasteiger partial charge in [-0.25, -0.2) is 0 Å². The first-order valence-corrected chi connectivity index (χ1v) is 12.7. The molecule has 0 aliphatic heterocycles. The van der Waals surface area contributed by atoms with Crippen LogP contribution in [0.1, 0.15) is 91.9 Å². The molecule has 4 fully saturated rings. The standard InChI is InChI=1S/C27H46O2/c1-18(2)6-5-7-19(17-28)23-10-11-24-22-9-8-20-16-21(29)12-14-26(20,3)25(22)13-15-27(23,24)4/h5,7,18-25,28-29H,6,8-17H2,1-4H3/b7-5+/t19-,20-,21-,22-,23+,24-,25-,26-,27+/m0/s1. The zero-order valence-corrected chi connectivity index (χ0v) is 19.4. The van der Waals surface area contributed by atoms with E-state index in [1.807, 2.05) is 0 Å². The fourth-order valence-electron chi connectivity index (χ4n) is 8.83. The van der Waals surface area contributed by atoms with Crippen LogP contribution >= 0.6 is 0 Å². The number of allylic oxidation sites excluding steroid dienone is 1. The molecule has 29 heavy (non-hydrogen) atoms. The molecular weight excluding hydrogens is 356 g/mol. The SMILES string of the molecule is CC(C)C/C=C/[C@@H](CO)[C@H]1CC[C@H]2[C@@H]3CC[C@H]4C[C@@H](O)CC[C@]4(C)[C@H]3CC[C@]12C. The Kier molecular flexibility index (Phi) is 6.26. The number of hydrogen-bond donors (Lipinski definition) is 2. The maximum Gasteiger partial charge on any atom is 0.0543 e. The summed E-state index contributed by atoms with van der Waals surface area (Å²) >= 11 is 0. The minimum Gasteiger partial charge on any atom is -0.396 e. The Bertz CT molecular complexity index is 597. The van der Waals surface area contributed by atoms with E-state index in [1.54, 1.807) is 0 Å². The van der Waals surface area contributed by atoms with Crippen molar-refractivity contribution < 1.29 is 10.2 Å². The van der Waals surface area contributed by atoms with E-state index in [9.17, 15) is 10.2 Å². The van der Waals surface area contributed by atoms with E-state index in [1.165, 1.54) is 44.9 Å². The van der Waals surface area contributed by atoms with Gasteiger partial charge in [0.1, 0.15) is 0 Å². The summed E-state index contributed by atoms with van der Waals surface area (Å²) in [6, 6.07) is 0. The largest absolute Gasteiger partial charge is 0.396 e. The molecule has 0 heterocycles. The van der Waals surface area contributed by atoms with E-state index in [-0.39, 0.29) is 6.10 Å².